The molecule has 0 saturated carbocycles. The highest BCUT2D eigenvalue weighted by Gasteiger charge is 2.17. The smallest absolute Gasteiger partial charge is 0.124 e. The highest BCUT2D eigenvalue weighted by atomic mass is 16.5. The summed E-state index contributed by atoms with van der Waals surface area (Å²) in [5.74, 6) is 0.920. The van der Waals surface area contributed by atoms with Crippen molar-refractivity contribution in [1.29, 1.82) is 0 Å². The Hall–Kier alpha value is -2.00. The minimum Gasteiger partial charge on any atom is -0.507 e. The third-order valence-corrected chi connectivity index (χ3v) is 3.56. The molecule has 0 aliphatic carbocycles. The van der Waals surface area contributed by atoms with Crippen molar-refractivity contribution in [2.75, 3.05) is 13.7 Å². The molecule has 0 heterocycles. The molecule has 3 nitrogen and oxygen atoms in total. The van der Waals surface area contributed by atoms with E-state index in [1.54, 1.807) is 13.2 Å². The molecule has 0 aromatic heterocycles. The zero-order valence-corrected chi connectivity index (χ0v) is 12.7. The van der Waals surface area contributed by atoms with E-state index in [0.717, 1.165) is 30.5 Å². The van der Waals surface area contributed by atoms with Crippen LogP contribution in [0.5, 0.6) is 11.5 Å². The zero-order chi connectivity index (χ0) is 15.1. The Labute approximate surface area is 126 Å². The molecule has 0 aliphatic rings. The van der Waals surface area contributed by atoms with E-state index in [-0.39, 0.29) is 11.8 Å². The maximum Gasteiger partial charge on any atom is 0.124 e. The molecule has 1 unspecified atom stereocenters. The molecule has 2 rings (SSSR count). The minimum absolute atomic E-state index is 0.0105. The molecular weight excluding hydrogens is 262 g/mol. The number of rotatable bonds is 7. The molecule has 0 spiro atoms. The van der Waals surface area contributed by atoms with Crippen molar-refractivity contribution in [3.05, 3.63) is 59.7 Å². The third kappa shape index (κ3) is 3.99. The van der Waals surface area contributed by atoms with E-state index >= 15 is 0 Å². The van der Waals surface area contributed by atoms with Gasteiger partial charge in [0.2, 0.25) is 0 Å². The lowest BCUT2D eigenvalue weighted by Crippen LogP contribution is -2.23. The van der Waals surface area contributed by atoms with Crippen LogP contribution >= 0.6 is 0 Å². The summed E-state index contributed by atoms with van der Waals surface area (Å²) in [7, 11) is 1.60. The van der Waals surface area contributed by atoms with Crippen LogP contribution in [0.3, 0.4) is 0 Å². The second-order valence-electron chi connectivity index (χ2n) is 5.08. The normalized spacial score (nSPS) is 12.1. The fourth-order valence-corrected chi connectivity index (χ4v) is 2.37. The summed E-state index contributed by atoms with van der Waals surface area (Å²) >= 11 is 0. The summed E-state index contributed by atoms with van der Waals surface area (Å²) in [6, 6.07) is 15.6. The predicted octanol–water partition coefficient (Wildman–Crippen LogP) is 3.88. The van der Waals surface area contributed by atoms with Crippen LogP contribution in [0.4, 0.5) is 0 Å². The van der Waals surface area contributed by atoms with Crippen molar-refractivity contribution < 1.29 is 9.84 Å². The zero-order valence-electron chi connectivity index (χ0n) is 12.7. The van der Waals surface area contributed by atoms with Gasteiger partial charge in [-0.2, -0.15) is 0 Å². The molecule has 0 amide bonds. The van der Waals surface area contributed by atoms with Crippen LogP contribution in [0, 0.1) is 0 Å². The van der Waals surface area contributed by atoms with Crippen molar-refractivity contribution >= 4 is 0 Å². The van der Waals surface area contributed by atoms with Gasteiger partial charge in [-0.25, -0.2) is 0 Å². The Balaban J connectivity index is 2.30. The summed E-state index contributed by atoms with van der Waals surface area (Å²) in [6.07, 6.45) is 2.25. The van der Waals surface area contributed by atoms with Gasteiger partial charge in [0.05, 0.1) is 13.2 Å². The van der Waals surface area contributed by atoms with Gasteiger partial charge < -0.3 is 15.2 Å². The number of benzene rings is 2. The summed E-state index contributed by atoms with van der Waals surface area (Å²) < 4.78 is 5.15. The van der Waals surface area contributed by atoms with E-state index in [1.165, 1.54) is 0 Å². The van der Waals surface area contributed by atoms with E-state index in [1.807, 2.05) is 30.3 Å². The summed E-state index contributed by atoms with van der Waals surface area (Å²) in [5.41, 5.74) is 2.02. The highest BCUT2D eigenvalue weighted by molar-refractivity contribution is 5.45. The lowest BCUT2D eigenvalue weighted by molar-refractivity contribution is 0.404. The maximum absolute atomic E-state index is 10.3. The molecule has 112 valence electrons. The number of phenols is 1. The molecule has 0 saturated heterocycles. The molecule has 0 radical (unpaired) electrons. The van der Waals surface area contributed by atoms with Gasteiger partial charge in [-0.05, 0) is 30.7 Å². The van der Waals surface area contributed by atoms with Gasteiger partial charge in [-0.15, -0.1) is 0 Å². The van der Waals surface area contributed by atoms with Crippen LogP contribution in [-0.2, 0) is 0 Å². The molecule has 0 fully saturated rings. The average molecular weight is 285 g/mol. The number of methoxy groups -OCH3 is 1. The van der Waals surface area contributed by atoms with Gasteiger partial charge >= 0.3 is 0 Å². The fourth-order valence-electron chi connectivity index (χ4n) is 2.37. The van der Waals surface area contributed by atoms with Crippen LogP contribution in [-0.4, -0.2) is 18.8 Å². The maximum atomic E-state index is 10.3. The van der Waals surface area contributed by atoms with Gasteiger partial charge in [0.1, 0.15) is 11.5 Å². The Morgan fingerprint density at radius 3 is 2.52 bits per heavy atom. The predicted molar refractivity (Wildman–Crippen MR) is 85.9 cm³/mol. The van der Waals surface area contributed by atoms with E-state index in [4.69, 9.17) is 4.74 Å². The van der Waals surface area contributed by atoms with Crippen molar-refractivity contribution in [2.24, 2.45) is 0 Å². The molecule has 2 aromatic rings. The van der Waals surface area contributed by atoms with Crippen molar-refractivity contribution in [1.82, 2.24) is 5.32 Å². The second kappa shape index (κ2) is 7.70. The van der Waals surface area contributed by atoms with E-state index < -0.39 is 0 Å². The first-order valence-electron chi connectivity index (χ1n) is 7.41. The van der Waals surface area contributed by atoms with E-state index in [0.29, 0.717) is 5.75 Å². The Bertz CT molecular complexity index is 554. The summed E-state index contributed by atoms with van der Waals surface area (Å²) in [4.78, 5) is 0. The first-order chi connectivity index (χ1) is 10.3. The lowest BCUT2D eigenvalue weighted by atomic mass is 9.97. The number of ether oxygens (including phenoxy) is 1. The first kappa shape index (κ1) is 15.4. The van der Waals surface area contributed by atoms with Gasteiger partial charge in [0.15, 0.2) is 0 Å². The van der Waals surface area contributed by atoms with Gasteiger partial charge in [0, 0.05) is 11.6 Å². The number of hydrogen-bond acceptors (Lipinski definition) is 3. The molecule has 3 heteroatoms. The average Bonchev–Trinajstić information content (AvgIpc) is 2.53. The Morgan fingerprint density at radius 1 is 1.14 bits per heavy atom. The molecule has 0 bridgehead atoms. The quantitative estimate of drug-likeness (QED) is 0.759. The third-order valence-electron chi connectivity index (χ3n) is 3.56. The monoisotopic (exact) mass is 285 g/mol. The first-order valence-corrected chi connectivity index (χ1v) is 7.41. The molecule has 21 heavy (non-hydrogen) atoms. The minimum atomic E-state index is -0.0105. The highest BCUT2D eigenvalue weighted by Crippen LogP contribution is 2.32. The number of aromatic hydroxyl groups is 1. The lowest BCUT2D eigenvalue weighted by Gasteiger charge is -2.21. The number of hydrogen-bond donors (Lipinski definition) is 2. The molecule has 0 aliphatic heterocycles. The topological polar surface area (TPSA) is 41.5 Å². The molecule has 2 aromatic carbocycles. The van der Waals surface area contributed by atoms with E-state index in [2.05, 4.69) is 24.4 Å². The van der Waals surface area contributed by atoms with Crippen LogP contribution < -0.4 is 10.1 Å². The molecule has 2 N–H and O–H groups in total. The van der Waals surface area contributed by atoms with Crippen LogP contribution in [0.2, 0.25) is 0 Å². The van der Waals surface area contributed by atoms with Crippen LogP contribution in [0.25, 0.3) is 0 Å². The molecule has 1 atom stereocenters. The second-order valence-corrected chi connectivity index (χ2v) is 5.08. The standard InChI is InChI=1S/C18H23NO2/c1-3-4-12-19-18(14-8-6-5-7-9-14)16-11-10-15(21-2)13-17(16)20/h5-11,13,18-20H,3-4,12H2,1-2H3. The van der Waals surface area contributed by atoms with E-state index in [9.17, 15) is 5.11 Å². The Morgan fingerprint density at radius 2 is 1.90 bits per heavy atom. The Kier molecular flexibility index (Phi) is 5.64. The van der Waals surface area contributed by atoms with Crippen molar-refractivity contribution in [3.8, 4) is 11.5 Å². The van der Waals surface area contributed by atoms with Crippen LogP contribution in [0.1, 0.15) is 36.9 Å². The fraction of sp³-hybridized carbons (Fsp3) is 0.333. The van der Waals surface area contributed by atoms with Crippen LogP contribution in [0.15, 0.2) is 48.5 Å². The SMILES string of the molecule is CCCCNC(c1ccccc1)c1ccc(OC)cc1O. The summed E-state index contributed by atoms with van der Waals surface area (Å²) in [5, 5.41) is 13.8. The van der Waals surface area contributed by atoms with Gasteiger partial charge in [-0.1, -0.05) is 43.7 Å². The van der Waals surface area contributed by atoms with Gasteiger partial charge in [0.25, 0.3) is 0 Å². The van der Waals surface area contributed by atoms with Crippen molar-refractivity contribution in [2.45, 2.75) is 25.8 Å². The van der Waals surface area contributed by atoms with Gasteiger partial charge in [-0.3, -0.25) is 0 Å². The molecular formula is C18H23NO2. The van der Waals surface area contributed by atoms with Crippen molar-refractivity contribution in [3.63, 3.8) is 0 Å². The summed E-state index contributed by atoms with van der Waals surface area (Å²) in [6.45, 7) is 3.09. The number of phenolic OH excluding ortho intramolecular Hbond substituents is 1. The number of nitrogens with one attached hydrogen (secondary N) is 1. The largest absolute Gasteiger partial charge is 0.507 e. The number of unbranched alkanes of at least 4 members (excludes halogenated alkanes) is 1.